The third-order valence-corrected chi connectivity index (χ3v) is 4.62. The van der Waals surface area contributed by atoms with E-state index < -0.39 is 0 Å². The lowest BCUT2D eigenvalue weighted by Crippen LogP contribution is -2.28. The van der Waals surface area contributed by atoms with E-state index in [9.17, 15) is 5.11 Å². The molecule has 0 bridgehead atoms. The summed E-state index contributed by atoms with van der Waals surface area (Å²) in [4.78, 5) is 0. The van der Waals surface area contributed by atoms with E-state index in [0.29, 0.717) is 17.6 Å². The SMILES string of the molecule is Cc1c(Cl)cc(C(C)C)c(O)c1CC1CCNCC1. The van der Waals surface area contributed by atoms with Crippen LogP contribution in [0.2, 0.25) is 5.02 Å². The maximum Gasteiger partial charge on any atom is 0.122 e. The van der Waals surface area contributed by atoms with Crippen LogP contribution in [0.3, 0.4) is 0 Å². The first-order valence-corrected chi connectivity index (χ1v) is 7.60. The number of benzene rings is 1. The first-order chi connectivity index (χ1) is 9.00. The molecule has 0 unspecified atom stereocenters. The van der Waals surface area contributed by atoms with Crippen LogP contribution in [0.1, 0.15) is 49.3 Å². The van der Waals surface area contributed by atoms with Gasteiger partial charge in [0.1, 0.15) is 5.75 Å². The monoisotopic (exact) mass is 281 g/mol. The van der Waals surface area contributed by atoms with Crippen molar-refractivity contribution in [1.29, 1.82) is 0 Å². The molecule has 0 spiro atoms. The van der Waals surface area contributed by atoms with Gasteiger partial charge in [0.15, 0.2) is 0 Å². The fourth-order valence-electron chi connectivity index (χ4n) is 2.87. The Bertz CT molecular complexity index is 451. The topological polar surface area (TPSA) is 32.3 Å². The first kappa shape index (κ1) is 14.7. The van der Waals surface area contributed by atoms with Crippen LogP contribution in [0.5, 0.6) is 5.75 Å². The molecule has 0 aromatic heterocycles. The summed E-state index contributed by atoms with van der Waals surface area (Å²) in [6, 6.07) is 1.92. The molecule has 0 atom stereocenters. The van der Waals surface area contributed by atoms with E-state index in [2.05, 4.69) is 19.2 Å². The molecular weight excluding hydrogens is 258 g/mol. The summed E-state index contributed by atoms with van der Waals surface area (Å²) in [5.41, 5.74) is 3.07. The van der Waals surface area contributed by atoms with Crippen LogP contribution in [0.4, 0.5) is 0 Å². The van der Waals surface area contributed by atoms with Gasteiger partial charge in [-0.25, -0.2) is 0 Å². The standard InChI is InChI=1S/C16H24ClNO/c1-10(2)13-9-15(17)11(3)14(16(13)19)8-12-4-6-18-7-5-12/h9-10,12,18-19H,4-8H2,1-3H3. The van der Waals surface area contributed by atoms with Crippen molar-refractivity contribution in [2.24, 2.45) is 5.92 Å². The Labute approximate surface area is 121 Å². The van der Waals surface area contributed by atoms with E-state index in [1.807, 2.05) is 13.0 Å². The molecule has 2 nitrogen and oxygen atoms in total. The van der Waals surface area contributed by atoms with Crippen molar-refractivity contribution < 1.29 is 5.11 Å². The smallest absolute Gasteiger partial charge is 0.122 e. The lowest BCUT2D eigenvalue weighted by Gasteiger charge is -2.25. The molecule has 1 aromatic rings. The summed E-state index contributed by atoms with van der Waals surface area (Å²) in [5.74, 6) is 1.42. The van der Waals surface area contributed by atoms with Gasteiger partial charge in [0.2, 0.25) is 0 Å². The predicted molar refractivity (Wildman–Crippen MR) is 81.2 cm³/mol. The number of rotatable bonds is 3. The van der Waals surface area contributed by atoms with Crippen molar-refractivity contribution in [1.82, 2.24) is 5.32 Å². The summed E-state index contributed by atoms with van der Waals surface area (Å²) in [6.07, 6.45) is 3.31. The lowest BCUT2D eigenvalue weighted by atomic mass is 9.86. The van der Waals surface area contributed by atoms with Gasteiger partial charge < -0.3 is 10.4 Å². The zero-order valence-corrected chi connectivity index (χ0v) is 12.8. The molecule has 2 rings (SSSR count). The van der Waals surface area contributed by atoms with Crippen LogP contribution in [-0.4, -0.2) is 18.2 Å². The van der Waals surface area contributed by atoms with Gasteiger partial charge in [-0.2, -0.15) is 0 Å². The van der Waals surface area contributed by atoms with Crippen LogP contribution >= 0.6 is 11.6 Å². The average molecular weight is 282 g/mol. The quantitative estimate of drug-likeness (QED) is 0.877. The Morgan fingerprint density at radius 3 is 2.58 bits per heavy atom. The highest BCUT2D eigenvalue weighted by molar-refractivity contribution is 6.31. The second-order valence-electron chi connectivity index (χ2n) is 5.95. The average Bonchev–Trinajstić information content (AvgIpc) is 2.40. The second kappa shape index (κ2) is 6.15. The molecular formula is C16H24ClNO. The molecule has 1 heterocycles. The van der Waals surface area contributed by atoms with Crippen molar-refractivity contribution in [3.8, 4) is 5.75 Å². The van der Waals surface area contributed by atoms with Crippen molar-refractivity contribution in [2.45, 2.75) is 46.0 Å². The minimum absolute atomic E-state index is 0.296. The van der Waals surface area contributed by atoms with Gasteiger partial charge in [0.25, 0.3) is 0 Å². The van der Waals surface area contributed by atoms with E-state index in [4.69, 9.17) is 11.6 Å². The largest absolute Gasteiger partial charge is 0.507 e. The van der Waals surface area contributed by atoms with Crippen LogP contribution in [-0.2, 0) is 6.42 Å². The zero-order valence-electron chi connectivity index (χ0n) is 12.1. The summed E-state index contributed by atoms with van der Waals surface area (Å²) in [6.45, 7) is 8.37. The molecule has 1 aliphatic rings. The number of hydrogen-bond acceptors (Lipinski definition) is 2. The molecule has 1 aromatic carbocycles. The van der Waals surface area contributed by atoms with Crippen LogP contribution in [0.15, 0.2) is 6.07 Å². The molecule has 0 aliphatic carbocycles. The molecule has 0 amide bonds. The van der Waals surface area contributed by atoms with Gasteiger partial charge in [0.05, 0.1) is 0 Å². The second-order valence-corrected chi connectivity index (χ2v) is 6.36. The Morgan fingerprint density at radius 2 is 2.00 bits per heavy atom. The van der Waals surface area contributed by atoms with E-state index >= 15 is 0 Å². The highest BCUT2D eigenvalue weighted by atomic mass is 35.5. The fraction of sp³-hybridized carbons (Fsp3) is 0.625. The van der Waals surface area contributed by atoms with Crippen molar-refractivity contribution in [2.75, 3.05) is 13.1 Å². The molecule has 106 valence electrons. The number of piperidine rings is 1. The molecule has 1 aliphatic heterocycles. The minimum Gasteiger partial charge on any atom is -0.507 e. The predicted octanol–water partition coefficient (Wildman–Crippen LogP) is 4.02. The number of nitrogens with one attached hydrogen (secondary N) is 1. The molecule has 2 N–H and O–H groups in total. The first-order valence-electron chi connectivity index (χ1n) is 7.22. The lowest BCUT2D eigenvalue weighted by molar-refractivity contribution is 0.365. The summed E-state index contributed by atoms with van der Waals surface area (Å²) >= 11 is 6.33. The van der Waals surface area contributed by atoms with Crippen LogP contribution < -0.4 is 5.32 Å². The Hall–Kier alpha value is -0.730. The minimum atomic E-state index is 0.296. The third-order valence-electron chi connectivity index (χ3n) is 4.23. The van der Waals surface area contributed by atoms with Crippen LogP contribution in [0, 0.1) is 12.8 Å². The third kappa shape index (κ3) is 3.24. The Balaban J connectivity index is 2.32. The van der Waals surface area contributed by atoms with Gasteiger partial charge in [-0.15, -0.1) is 0 Å². The van der Waals surface area contributed by atoms with Gasteiger partial charge in [0, 0.05) is 5.02 Å². The highest BCUT2D eigenvalue weighted by Crippen LogP contribution is 2.37. The van der Waals surface area contributed by atoms with Crippen LogP contribution in [0.25, 0.3) is 0 Å². The van der Waals surface area contributed by atoms with Gasteiger partial charge in [-0.05, 0) is 73.9 Å². The maximum absolute atomic E-state index is 10.5. The van der Waals surface area contributed by atoms with Gasteiger partial charge >= 0.3 is 0 Å². The van der Waals surface area contributed by atoms with E-state index in [-0.39, 0.29) is 0 Å². The maximum atomic E-state index is 10.5. The van der Waals surface area contributed by atoms with Crippen molar-refractivity contribution in [3.63, 3.8) is 0 Å². The molecule has 1 fully saturated rings. The van der Waals surface area contributed by atoms with Crippen molar-refractivity contribution in [3.05, 3.63) is 27.8 Å². The fourth-order valence-corrected chi connectivity index (χ4v) is 3.11. The normalized spacial score (nSPS) is 17.1. The number of halogens is 1. The van der Waals surface area contributed by atoms with E-state index in [0.717, 1.165) is 41.2 Å². The summed E-state index contributed by atoms with van der Waals surface area (Å²) < 4.78 is 0. The molecule has 19 heavy (non-hydrogen) atoms. The highest BCUT2D eigenvalue weighted by Gasteiger charge is 2.20. The molecule has 3 heteroatoms. The number of hydrogen-bond donors (Lipinski definition) is 2. The Kier molecular flexibility index (Phi) is 4.75. The molecule has 0 radical (unpaired) electrons. The van der Waals surface area contributed by atoms with E-state index in [1.165, 1.54) is 12.8 Å². The molecule has 0 saturated carbocycles. The molecule has 1 saturated heterocycles. The summed E-state index contributed by atoms with van der Waals surface area (Å²) in [7, 11) is 0. The summed E-state index contributed by atoms with van der Waals surface area (Å²) in [5, 5.41) is 14.7. The van der Waals surface area contributed by atoms with E-state index in [1.54, 1.807) is 0 Å². The zero-order chi connectivity index (χ0) is 14.0. The van der Waals surface area contributed by atoms with Gasteiger partial charge in [-0.1, -0.05) is 25.4 Å². The van der Waals surface area contributed by atoms with Crippen molar-refractivity contribution >= 4 is 11.6 Å². The number of aromatic hydroxyl groups is 1. The Morgan fingerprint density at radius 1 is 1.37 bits per heavy atom. The number of phenols is 1. The number of phenolic OH excluding ortho intramolecular Hbond substituents is 1. The van der Waals surface area contributed by atoms with Gasteiger partial charge in [-0.3, -0.25) is 0 Å².